The van der Waals surface area contributed by atoms with Gasteiger partial charge < -0.3 is 5.32 Å². The van der Waals surface area contributed by atoms with Gasteiger partial charge in [0.1, 0.15) is 5.78 Å². The third-order valence-electron chi connectivity index (χ3n) is 4.19. The van der Waals surface area contributed by atoms with Crippen molar-refractivity contribution in [3.05, 3.63) is 0 Å². The minimum Gasteiger partial charge on any atom is -0.305 e. The van der Waals surface area contributed by atoms with Crippen molar-refractivity contribution >= 4 is 5.78 Å². The van der Waals surface area contributed by atoms with E-state index in [0.717, 1.165) is 18.3 Å². The summed E-state index contributed by atoms with van der Waals surface area (Å²) in [5.41, 5.74) is 0.0599. The lowest BCUT2D eigenvalue weighted by Gasteiger charge is -2.23. The van der Waals surface area contributed by atoms with Crippen LogP contribution < -0.4 is 5.32 Å². The van der Waals surface area contributed by atoms with Gasteiger partial charge in [-0.2, -0.15) is 0 Å². The minimum absolute atomic E-state index is 0.0599. The fourth-order valence-electron chi connectivity index (χ4n) is 3.35. The molecule has 2 rings (SSSR count). The minimum atomic E-state index is 0.0599. The maximum atomic E-state index is 11.9. The smallest absolute Gasteiger partial charge is 0.146 e. The lowest BCUT2D eigenvalue weighted by molar-refractivity contribution is -0.119. The molecule has 0 aromatic carbocycles. The van der Waals surface area contributed by atoms with Gasteiger partial charge in [-0.1, -0.05) is 6.42 Å². The van der Waals surface area contributed by atoms with E-state index in [1.165, 1.54) is 25.7 Å². The molecular formula is C14H25NO. The molecule has 0 heterocycles. The SMILES string of the molecule is CC(C)(C)NCC(=O)CC1CC2CCC1C2. The number of hydrogen-bond donors (Lipinski definition) is 1. The Balaban J connectivity index is 1.72. The molecule has 0 amide bonds. The molecule has 2 aliphatic carbocycles. The van der Waals surface area contributed by atoms with Crippen LogP contribution in [-0.4, -0.2) is 17.9 Å². The van der Waals surface area contributed by atoms with Gasteiger partial charge in [0.05, 0.1) is 6.54 Å². The number of nitrogens with one attached hydrogen (secondary N) is 1. The number of carbonyl (C=O) groups excluding carboxylic acids is 1. The fourth-order valence-corrected chi connectivity index (χ4v) is 3.35. The van der Waals surface area contributed by atoms with Crippen LogP contribution in [0.1, 0.15) is 52.9 Å². The van der Waals surface area contributed by atoms with E-state index in [1.54, 1.807) is 0 Å². The zero-order chi connectivity index (χ0) is 11.8. The number of rotatable bonds is 4. The summed E-state index contributed by atoms with van der Waals surface area (Å²) in [5.74, 6) is 2.96. The molecule has 0 aromatic rings. The van der Waals surface area contributed by atoms with Gasteiger partial charge in [0, 0.05) is 12.0 Å². The summed E-state index contributed by atoms with van der Waals surface area (Å²) in [4.78, 5) is 11.9. The Bertz CT molecular complexity index is 266. The highest BCUT2D eigenvalue weighted by Crippen LogP contribution is 2.49. The Morgan fingerprint density at radius 1 is 1.25 bits per heavy atom. The van der Waals surface area contributed by atoms with E-state index in [0.29, 0.717) is 18.2 Å². The molecule has 0 aliphatic heterocycles. The van der Waals surface area contributed by atoms with Crippen LogP contribution in [0.25, 0.3) is 0 Å². The summed E-state index contributed by atoms with van der Waals surface area (Å²) < 4.78 is 0. The van der Waals surface area contributed by atoms with Crippen LogP contribution in [0.15, 0.2) is 0 Å². The first-order valence-electron chi connectivity index (χ1n) is 6.71. The highest BCUT2D eigenvalue weighted by atomic mass is 16.1. The molecule has 2 bridgehead atoms. The highest BCUT2D eigenvalue weighted by molar-refractivity contribution is 5.80. The van der Waals surface area contributed by atoms with Gasteiger partial charge in [0.2, 0.25) is 0 Å². The Hall–Kier alpha value is -0.370. The lowest BCUT2D eigenvalue weighted by atomic mass is 9.85. The third kappa shape index (κ3) is 3.07. The van der Waals surface area contributed by atoms with Crippen molar-refractivity contribution < 1.29 is 4.79 Å². The second-order valence-electron chi connectivity index (χ2n) is 6.78. The molecule has 92 valence electrons. The van der Waals surface area contributed by atoms with Gasteiger partial charge >= 0.3 is 0 Å². The second kappa shape index (κ2) is 4.48. The fraction of sp³-hybridized carbons (Fsp3) is 0.929. The Labute approximate surface area is 99.2 Å². The number of carbonyl (C=O) groups is 1. The van der Waals surface area contributed by atoms with Gasteiger partial charge in [-0.05, 0) is 57.8 Å². The molecule has 0 aromatic heterocycles. The third-order valence-corrected chi connectivity index (χ3v) is 4.19. The highest BCUT2D eigenvalue weighted by Gasteiger charge is 2.39. The summed E-state index contributed by atoms with van der Waals surface area (Å²) in [7, 11) is 0. The Morgan fingerprint density at radius 3 is 2.50 bits per heavy atom. The van der Waals surface area contributed by atoms with Crippen LogP contribution in [-0.2, 0) is 4.79 Å². The zero-order valence-electron chi connectivity index (χ0n) is 10.9. The van der Waals surface area contributed by atoms with Crippen LogP contribution in [0.2, 0.25) is 0 Å². The van der Waals surface area contributed by atoms with E-state index in [9.17, 15) is 4.79 Å². The first-order chi connectivity index (χ1) is 7.44. The summed E-state index contributed by atoms with van der Waals surface area (Å²) in [5, 5.41) is 3.29. The van der Waals surface area contributed by atoms with Crippen LogP contribution >= 0.6 is 0 Å². The molecular weight excluding hydrogens is 198 g/mol. The van der Waals surface area contributed by atoms with Crippen molar-refractivity contribution in [3.8, 4) is 0 Å². The predicted molar refractivity (Wildman–Crippen MR) is 66.3 cm³/mol. The summed E-state index contributed by atoms with van der Waals surface area (Å²) >= 11 is 0. The van der Waals surface area contributed by atoms with Crippen LogP contribution in [0.4, 0.5) is 0 Å². The topological polar surface area (TPSA) is 29.1 Å². The normalized spacial score (nSPS) is 33.3. The molecule has 2 fully saturated rings. The van der Waals surface area contributed by atoms with Crippen LogP contribution in [0.5, 0.6) is 0 Å². The van der Waals surface area contributed by atoms with Crippen molar-refractivity contribution in [1.82, 2.24) is 5.32 Å². The molecule has 3 unspecified atom stereocenters. The summed E-state index contributed by atoms with van der Waals surface area (Å²) in [6.07, 6.45) is 6.37. The molecule has 2 saturated carbocycles. The largest absolute Gasteiger partial charge is 0.305 e. The number of hydrogen-bond acceptors (Lipinski definition) is 2. The molecule has 2 heteroatoms. The molecule has 2 nitrogen and oxygen atoms in total. The van der Waals surface area contributed by atoms with Gasteiger partial charge in [-0.25, -0.2) is 0 Å². The van der Waals surface area contributed by atoms with E-state index in [4.69, 9.17) is 0 Å². The lowest BCUT2D eigenvalue weighted by Crippen LogP contribution is -2.39. The number of ketones is 1. The molecule has 2 aliphatic rings. The molecule has 3 atom stereocenters. The standard InChI is InChI=1S/C14H25NO/c1-14(2,3)15-9-13(16)8-12-7-10-4-5-11(12)6-10/h10-12,15H,4-9H2,1-3H3. The maximum Gasteiger partial charge on any atom is 0.146 e. The van der Waals surface area contributed by atoms with Crippen molar-refractivity contribution in [2.75, 3.05) is 6.54 Å². The van der Waals surface area contributed by atoms with Gasteiger partial charge in [0.25, 0.3) is 0 Å². The number of Topliss-reactive ketones (excluding diaryl/α,β-unsaturated/α-hetero) is 1. The monoisotopic (exact) mass is 223 g/mol. The van der Waals surface area contributed by atoms with Crippen molar-refractivity contribution in [2.45, 2.75) is 58.4 Å². The van der Waals surface area contributed by atoms with E-state index in [-0.39, 0.29) is 5.54 Å². The van der Waals surface area contributed by atoms with Gasteiger partial charge in [-0.3, -0.25) is 4.79 Å². The van der Waals surface area contributed by atoms with E-state index in [2.05, 4.69) is 26.1 Å². The predicted octanol–water partition coefficient (Wildman–Crippen LogP) is 2.77. The zero-order valence-corrected chi connectivity index (χ0v) is 10.9. The second-order valence-corrected chi connectivity index (χ2v) is 6.78. The summed E-state index contributed by atoms with van der Waals surface area (Å²) in [6.45, 7) is 6.88. The van der Waals surface area contributed by atoms with E-state index in [1.807, 2.05) is 0 Å². The summed E-state index contributed by atoms with van der Waals surface area (Å²) in [6, 6.07) is 0. The van der Waals surface area contributed by atoms with Crippen molar-refractivity contribution in [3.63, 3.8) is 0 Å². The van der Waals surface area contributed by atoms with Crippen molar-refractivity contribution in [2.24, 2.45) is 17.8 Å². The van der Waals surface area contributed by atoms with Crippen LogP contribution in [0, 0.1) is 17.8 Å². The van der Waals surface area contributed by atoms with E-state index >= 15 is 0 Å². The Morgan fingerprint density at radius 2 is 2.00 bits per heavy atom. The van der Waals surface area contributed by atoms with Gasteiger partial charge in [-0.15, -0.1) is 0 Å². The van der Waals surface area contributed by atoms with Crippen LogP contribution in [0.3, 0.4) is 0 Å². The van der Waals surface area contributed by atoms with Crippen molar-refractivity contribution in [1.29, 1.82) is 0 Å². The number of fused-ring (bicyclic) bond motifs is 2. The van der Waals surface area contributed by atoms with Gasteiger partial charge in [0.15, 0.2) is 0 Å². The first-order valence-corrected chi connectivity index (χ1v) is 6.71. The Kier molecular flexibility index (Phi) is 3.39. The molecule has 0 spiro atoms. The molecule has 1 N–H and O–H groups in total. The average Bonchev–Trinajstić information content (AvgIpc) is 2.75. The molecule has 16 heavy (non-hydrogen) atoms. The average molecular weight is 223 g/mol. The maximum absolute atomic E-state index is 11.9. The molecule has 0 radical (unpaired) electrons. The first kappa shape index (κ1) is 12.1. The van der Waals surface area contributed by atoms with E-state index < -0.39 is 0 Å². The molecule has 0 saturated heterocycles. The quantitative estimate of drug-likeness (QED) is 0.794.